The molecule has 2 aromatic carbocycles. The number of carbonyl (C=O) groups excluding carboxylic acids is 2. The average Bonchev–Trinajstić information content (AvgIpc) is 3.54. The van der Waals surface area contributed by atoms with Gasteiger partial charge < -0.3 is 15.4 Å². The minimum absolute atomic E-state index is 0.192. The number of hydrazine groups is 2. The molecule has 2 amide bonds. The molecule has 1 fully saturated rings. The molecule has 0 unspecified atom stereocenters. The Morgan fingerprint density at radius 1 is 1.13 bits per heavy atom. The molecule has 0 atom stereocenters. The van der Waals surface area contributed by atoms with Crippen LogP contribution in [-0.2, 0) is 10.2 Å². The van der Waals surface area contributed by atoms with Gasteiger partial charge in [0, 0.05) is 18.4 Å². The molecule has 12 heteroatoms. The molecule has 0 spiro atoms. The lowest BCUT2D eigenvalue weighted by Crippen LogP contribution is -2.39. The van der Waals surface area contributed by atoms with Crippen molar-refractivity contribution in [2.45, 2.75) is 46.0 Å². The topological polar surface area (TPSA) is 147 Å². The number of anilines is 3. The van der Waals surface area contributed by atoms with Crippen LogP contribution in [0.2, 0.25) is 0 Å². The van der Waals surface area contributed by atoms with E-state index in [9.17, 15) is 18.7 Å². The highest BCUT2D eigenvalue weighted by Gasteiger charge is 2.26. The van der Waals surface area contributed by atoms with E-state index in [1.165, 1.54) is 13.4 Å². The summed E-state index contributed by atoms with van der Waals surface area (Å²) in [6, 6.07) is 8.87. The van der Waals surface area contributed by atoms with Gasteiger partial charge in [0.25, 0.3) is 11.8 Å². The number of hydrogen-bond acceptors (Lipinski definition) is 9. The third-order valence-electron chi connectivity index (χ3n) is 6.50. The van der Waals surface area contributed by atoms with E-state index in [4.69, 9.17) is 4.74 Å². The van der Waals surface area contributed by atoms with Gasteiger partial charge in [-0.05, 0) is 66.5 Å². The van der Waals surface area contributed by atoms with Crippen molar-refractivity contribution >= 4 is 39.7 Å². The van der Waals surface area contributed by atoms with Crippen LogP contribution in [0, 0.1) is 12.8 Å². The molecule has 0 saturated heterocycles. The number of ether oxygens (including phenoxy) is 1. The van der Waals surface area contributed by atoms with Gasteiger partial charge in [0.1, 0.15) is 5.70 Å². The van der Waals surface area contributed by atoms with Crippen LogP contribution in [0.25, 0.3) is 0 Å². The highest BCUT2D eigenvalue weighted by atomic mass is 32.3. The van der Waals surface area contributed by atoms with Crippen LogP contribution in [0.15, 0.2) is 42.2 Å². The Morgan fingerprint density at radius 2 is 1.82 bits per heavy atom. The Hall–Kier alpha value is -3.45. The quantitative estimate of drug-likeness (QED) is 0.237. The number of rotatable bonds is 9. The first-order chi connectivity index (χ1) is 18.2. The van der Waals surface area contributed by atoms with Gasteiger partial charge in [-0.1, -0.05) is 26.8 Å². The summed E-state index contributed by atoms with van der Waals surface area (Å²) >= 11 is 0. The van der Waals surface area contributed by atoms with Crippen molar-refractivity contribution < 1.29 is 23.4 Å². The summed E-state index contributed by atoms with van der Waals surface area (Å²) in [6.07, 6.45) is 5.24. The Labute approximate surface area is 230 Å². The summed E-state index contributed by atoms with van der Waals surface area (Å²) in [4.78, 5) is 25.9. The normalized spacial score (nSPS) is 15.8. The van der Waals surface area contributed by atoms with E-state index in [0.29, 0.717) is 40.8 Å². The number of amides is 2. The summed E-state index contributed by atoms with van der Waals surface area (Å²) in [5, 5.41) is 7.51. The number of aryl methyl sites for hydroxylation is 1. The lowest BCUT2D eigenvalue weighted by molar-refractivity contribution is -0.117. The predicted molar refractivity (Wildman–Crippen MR) is 156 cm³/mol. The van der Waals surface area contributed by atoms with Crippen LogP contribution in [-0.4, -0.2) is 40.8 Å². The summed E-state index contributed by atoms with van der Waals surface area (Å²) in [5.41, 5.74) is 9.52. The summed E-state index contributed by atoms with van der Waals surface area (Å²) in [7, 11) is -1.65. The SMILES string of the molecule is COc1c(NC(=O)c2ccc(C)c(N3C=C(C(=O)NCC4CC4)NN3)c2)cc(C(C)(C)C)cc1NS(C)(O)O. The maximum atomic E-state index is 13.4. The molecule has 2 aliphatic rings. The zero-order valence-corrected chi connectivity index (χ0v) is 24.0. The molecule has 1 aliphatic carbocycles. The maximum absolute atomic E-state index is 13.4. The summed E-state index contributed by atoms with van der Waals surface area (Å²) < 4.78 is 28.4. The number of carbonyl (C=O) groups is 2. The average molecular weight is 559 g/mol. The van der Waals surface area contributed by atoms with E-state index in [1.807, 2.05) is 39.8 Å². The van der Waals surface area contributed by atoms with E-state index < -0.39 is 10.8 Å². The smallest absolute Gasteiger partial charge is 0.270 e. The van der Waals surface area contributed by atoms with Crippen molar-refractivity contribution in [3.63, 3.8) is 0 Å². The van der Waals surface area contributed by atoms with Gasteiger partial charge >= 0.3 is 0 Å². The fourth-order valence-electron chi connectivity index (χ4n) is 4.08. The first-order valence-electron chi connectivity index (χ1n) is 12.7. The second kappa shape index (κ2) is 11.0. The Bertz CT molecular complexity index is 1300. The summed E-state index contributed by atoms with van der Waals surface area (Å²) in [6.45, 7) is 8.64. The van der Waals surface area contributed by atoms with Crippen LogP contribution in [0.3, 0.4) is 0 Å². The molecular weight excluding hydrogens is 520 g/mol. The highest BCUT2D eigenvalue weighted by Crippen LogP contribution is 2.44. The maximum Gasteiger partial charge on any atom is 0.270 e. The van der Waals surface area contributed by atoms with Crippen molar-refractivity contribution in [2.24, 2.45) is 5.92 Å². The van der Waals surface area contributed by atoms with Crippen molar-refractivity contribution in [3.05, 3.63) is 58.9 Å². The molecule has 1 aliphatic heterocycles. The molecule has 11 nitrogen and oxygen atoms in total. The zero-order valence-electron chi connectivity index (χ0n) is 23.1. The van der Waals surface area contributed by atoms with Gasteiger partial charge in [0.15, 0.2) is 5.75 Å². The monoisotopic (exact) mass is 558 g/mol. The first-order valence-corrected chi connectivity index (χ1v) is 14.7. The van der Waals surface area contributed by atoms with Gasteiger partial charge in [-0.25, -0.2) is 0 Å². The lowest BCUT2D eigenvalue weighted by Gasteiger charge is -2.31. The third kappa shape index (κ3) is 7.15. The molecule has 1 heterocycles. The van der Waals surface area contributed by atoms with Crippen LogP contribution in [0.1, 0.15) is 55.1 Å². The van der Waals surface area contributed by atoms with Gasteiger partial charge in [0.2, 0.25) is 0 Å². The van der Waals surface area contributed by atoms with Gasteiger partial charge in [-0.15, -0.1) is 16.3 Å². The molecule has 1 saturated carbocycles. The standard InChI is InChI=1S/C27H38N6O5S/c1-16-7-10-18(11-23(16)33-15-22(30-32-33)26(35)28-14-17-8-9-17)25(34)29-20-12-19(27(2,3)4)13-21(24(20)38-5)31-39(6,36)37/h7,10-13,15,17,30-32,36-37H,8-9,14H2,1-6H3,(H,28,35)(H,29,34). The number of hydrogen-bond donors (Lipinski definition) is 7. The minimum Gasteiger partial charge on any atom is -0.492 e. The van der Waals surface area contributed by atoms with E-state index in [0.717, 1.165) is 24.0 Å². The zero-order chi connectivity index (χ0) is 28.5. The second-order valence-corrected chi connectivity index (χ2v) is 12.9. The largest absolute Gasteiger partial charge is 0.492 e. The third-order valence-corrected chi connectivity index (χ3v) is 7.11. The highest BCUT2D eigenvalue weighted by molar-refractivity contribution is 8.24. The lowest BCUT2D eigenvalue weighted by atomic mass is 9.86. The second-order valence-electron chi connectivity index (χ2n) is 11.0. The molecule has 0 aromatic heterocycles. The Balaban J connectivity index is 1.59. The van der Waals surface area contributed by atoms with Crippen molar-refractivity contribution in [3.8, 4) is 5.75 Å². The molecule has 4 rings (SSSR count). The number of methoxy groups -OCH3 is 1. The van der Waals surface area contributed by atoms with Crippen LogP contribution >= 0.6 is 10.8 Å². The van der Waals surface area contributed by atoms with Crippen LogP contribution in [0.4, 0.5) is 17.1 Å². The van der Waals surface area contributed by atoms with E-state index in [1.54, 1.807) is 29.4 Å². The van der Waals surface area contributed by atoms with Crippen LogP contribution in [0.5, 0.6) is 5.75 Å². The molecular formula is C27H38N6O5S. The molecule has 0 bridgehead atoms. The predicted octanol–water partition coefficient (Wildman–Crippen LogP) is 4.46. The van der Waals surface area contributed by atoms with Crippen molar-refractivity contribution in [1.29, 1.82) is 0 Å². The number of nitrogens with one attached hydrogen (secondary N) is 5. The molecule has 7 N–H and O–H groups in total. The number of nitrogens with zero attached hydrogens (tertiary/aromatic N) is 1. The first kappa shape index (κ1) is 28.6. The Morgan fingerprint density at radius 3 is 2.44 bits per heavy atom. The van der Waals surface area contributed by atoms with Gasteiger partial charge in [0.05, 0.1) is 30.4 Å². The number of benzene rings is 2. The fraction of sp³-hybridized carbons (Fsp3) is 0.407. The van der Waals surface area contributed by atoms with Crippen molar-refractivity contribution in [2.75, 3.05) is 35.0 Å². The van der Waals surface area contributed by atoms with Gasteiger partial charge in [-0.2, -0.15) is 0 Å². The van der Waals surface area contributed by atoms with E-state index in [2.05, 4.69) is 26.3 Å². The fourth-order valence-corrected chi connectivity index (χ4v) is 4.65. The Kier molecular flexibility index (Phi) is 8.03. The van der Waals surface area contributed by atoms with Crippen molar-refractivity contribution in [1.82, 2.24) is 16.3 Å². The summed E-state index contributed by atoms with van der Waals surface area (Å²) in [5.74, 6) is 0.279. The molecule has 0 radical (unpaired) electrons. The molecule has 2 aromatic rings. The minimum atomic E-state index is -3.10. The van der Waals surface area contributed by atoms with E-state index in [-0.39, 0.29) is 23.0 Å². The molecule has 212 valence electrons. The van der Waals surface area contributed by atoms with E-state index >= 15 is 0 Å². The van der Waals surface area contributed by atoms with Gasteiger partial charge in [-0.3, -0.25) is 33.9 Å². The molecule has 39 heavy (non-hydrogen) atoms. The van der Waals surface area contributed by atoms with Crippen LogP contribution < -0.4 is 36.1 Å².